The van der Waals surface area contributed by atoms with Crippen LogP contribution in [0.1, 0.15) is 38.8 Å². The third-order valence-corrected chi connectivity index (χ3v) is 4.66. The van der Waals surface area contributed by atoms with Crippen LogP contribution >= 0.6 is 0 Å². The summed E-state index contributed by atoms with van der Waals surface area (Å²) in [5.41, 5.74) is 2.35. The summed E-state index contributed by atoms with van der Waals surface area (Å²) in [7, 11) is 0. The zero-order valence-corrected chi connectivity index (χ0v) is 14.2. The maximum absolute atomic E-state index is 13.1. The molecule has 2 aromatic carbocycles. The third kappa shape index (κ3) is 2.58. The number of aromatic hydroxyl groups is 1. The van der Waals surface area contributed by atoms with Crippen molar-refractivity contribution in [2.75, 3.05) is 0 Å². The number of carbonyl (C=O) groups is 1. The molecule has 0 fully saturated rings. The summed E-state index contributed by atoms with van der Waals surface area (Å²) >= 11 is 0. The average Bonchev–Trinajstić information content (AvgIpc) is 2.96. The minimum absolute atomic E-state index is 0.0878. The van der Waals surface area contributed by atoms with Gasteiger partial charge in [0.15, 0.2) is 6.10 Å². The number of cyclic esters (lactones) is 1. The molecule has 26 heavy (non-hydrogen) atoms. The minimum Gasteiger partial charge on any atom is -0.507 e. The molecule has 0 unspecified atom stereocenters. The van der Waals surface area contributed by atoms with E-state index in [9.17, 15) is 14.7 Å². The second-order valence-corrected chi connectivity index (χ2v) is 6.33. The van der Waals surface area contributed by atoms with Crippen LogP contribution in [0.3, 0.4) is 0 Å². The zero-order valence-electron chi connectivity index (χ0n) is 14.2. The molecule has 5 nitrogen and oxygen atoms in total. The molecule has 1 aliphatic heterocycles. The molecule has 0 radical (unpaired) electrons. The van der Waals surface area contributed by atoms with Crippen molar-refractivity contribution in [3.05, 3.63) is 99.0 Å². The molecule has 1 aromatic heterocycles. The van der Waals surface area contributed by atoms with E-state index in [1.165, 1.54) is 6.07 Å². The highest BCUT2D eigenvalue weighted by Crippen LogP contribution is 2.37. The largest absolute Gasteiger partial charge is 0.507 e. The summed E-state index contributed by atoms with van der Waals surface area (Å²) in [5, 5.41) is 10.4. The number of benzene rings is 2. The van der Waals surface area contributed by atoms with Gasteiger partial charge in [-0.1, -0.05) is 48.5 Å². The van der Waals surface area contributed by atoms with E-state index in [0.717, 1.165) is 5.56 Å². The summed E-state index contributed by atoms with van der Waals surface area (Å²) in [4.78, 5) is 25.2. The SMILES string of the molecule is Cc1cc(O)c([C@@H]2OC(=O)c3ccccc32)c(=O)n1Cc1ccccc1. The van der Waals surface area contributed by atoms with Crippen LogP contribution in [0.15, 0.2) is 65.5 Å². The van der Waals surface area contributed by atoms with Gasteiger partial charge in [0.2, 0.25) is 0 Å². The van der Waals surface area contributed by atoms with Gasteiger partial charge in [0.25, 0.3) is 5.56 Å². The fourth-order valence-corrected chi connectivity index (χ4v) is 3.34. The number of aromatic nitrogens is 1. The van der Waals surface area contributed by atoms with Crippen LogP contribution in [0.2, 0.25) is 0 Å². The molecule has 5 heteroatoms. The molecule has 0 bridgehead atoms. The van der Waals surface area contributed by atoms with Gasteiger partial charge in [-0.15, -0.1) is 0 Å². The van der Waals surface area contributed by atoms with Crippen LogP contribution in [0.4, 0.5) is 0 Å². The summed E-state index contributed by atoms with van der Waals surface area (Å²) < 4.78 is 6.99. The number of ether oxygens (including phenoxy) is 1. The fraction of sp³-hybridized carbons (Fsp3) is 0.143. The summed E-state index contributed by atoms with van der Waals surface area (Å²) in [5.74, 6) is -0.647. The molecule has 0 spiro atoms. The van der Waals surface area contributed by atoms with E-state index in [4.69, 9.17) is 4.74 Å². The molecule has 0 saturated heterocycles. The van der Waals surface area contributed by atoms with Gasteiger partial charge >= 0.3 is 5.97 Å². The Balaban J connectivity index is 1.85. The molecule has 130 valence electrons. The van der Waals surface area contributed by atoms with Crippen molar-refractivity contribution in [3.63, 3.8) is 0 Å². The van der Waals surface area contributed by atoms with E-state index >= 15 is 0 Å². The van der Waals surface area contributed by atoms with Crippen LogP contribution in [-0.2, 0) is 11.3 Å². The molecule has 1 atom stereocenters. The highest BCUT2D eigenvalue weighted by Gasteiger charge is 2.35. The van der Waals surface area contributed by atoms with Crippen molar-refractivity contribution in [3.8, 4) is 5.75 Å². The molecule has 0 amide bonds. The highest BCUT2D eigenvalue weighted by atomic mass is 16.5. The number of aryl methyl sites for hydroxylation is 1. The van der Waals surface area contributed by atoms with Crippen LogP contribution in [0.5, 0.6) is 5.75 Å². The second kappa shape index (κ2) is 6.19. The Morgan fingerprint density at radius 2 is 1.73 bits per heavy atom. The van der Waals surface area contributed by atoms with Gasteiger partial charge in [-0.2, -0.15) is 0 Å². The maximum atomic E-state index is 13.1. The molecule has 1 N–H and O–H groups in total. The summed E-state index contributed by atoms with van der Waals surface area (Å²) in [6, 6.07) is 18.1. The average molecular weight is 347 g/mol. The lowest BCUT2D eigenvalue weighted by Gasteiger charge is -2.17. The number of nitrogens with zero attached hydrogens (tertiary/aromatic N) is 1. The molecule has 0 saturated carbocycles. The lowest BCUT2D eigenvalue weighted by Crippen LogP contribution is -2.28. The van der Waals surface area contributed by atoms with Gasteiger partial charge < -0.3 is 14.4 Å². The van der Waals surface area contributed by atoms with Crippen molar-refractivity contribution in [1.29, 1.82) is 0 Å². The first-order chi connectivity index (χ1) is 12.6. The molecular formula is C21H17NO4. The molecule has 2 heterocycles. The van der Waals surface area contributed by atoms with Crippen molar-refractivity contribution >= 4 is 5.97 Å². The first-order valence-electron chi connectivity index (χ1n) is 8.33. The van der Waals surface area contributed by atoms with E-state index in [2.05, 4.69) is 0 Å². The monoisotopic (exact) mass is 347 g/mol. The third-order valence-electron chi connectivity index (χ3n) is 4.66. The number of esters is 1. The molecule has 0 aliphatic carbocycles. The minimum atomic E-state index is -0.895. The van der Waals surface area contributed by atoms with Gasteiger partial charge in [0.1, 0.15) is 11.3 Å². The second-order valence-electron chi connectivity index (χ2n) is 6.33. The maximum Gasteiger partial charge on any atom is 0.339 e. The Morgan fingerprint density at radius 3 is 2.50 bits per heavy atom. The van der Waals surface area contributed by atoms with Gasteiger partial charge in [-0.3, -0.25) is 4.79 Å². The fourth-order valence-electron chi connectivity index (χ4n) is 3.34. The van der Waals surface area contributed by atoms with Crippen LogP contribution in [0.25, 0.3) is 0 Å². The first kappa shape index (κ1) is 16.1. The molecule has 1 aliphatic rings. The van der Waals surface area contributed by atoms with E-state index in [-0.39, 0.29) is 16.9 Å². The van der Waals surface area contributed by atoms with Gasteiger partial charge in [0.05, 0.1) is 12.1 Å². The van der Waals surface area contributed by atoms with Crippen LogP contribution in [-0.4, -0.2) is 15.6 Å². The van der Waals surface area contributed by atoms with E-state index in [0.29, 0.717) is 23.4 Å². The van der Waals surface area contributed by atoms with E-state index in [1.54, 1.807) is 35.8 Å². The number of pyridine rings is 1. The van der Waals surface area contributed by atoms with Gasteiger partial charge in [-0.05, 0) is 24.6 Å². The molecular weight excluding hydrogens is 330 g/mol. The lowest BCUT2D eigenvalue weighted by atomic mass is 9.99. The Morgan fingerprint density at radius 1 is 1.04 bits per heavy atom. The highest BCUT2D eigenvalue weighted by molar-refractivity contribution is 5.94. The Bertz CT molecular complexity index is 1050. The van der Waals surface area contributed by atoms with Crippen molar-refractivity contribution < 1.29 is 14.6 Å². The number of carbonyl (C=O) groups excluding carboxylic acids is 1. The Hall–Kier alpha value is -3.34. The van der Waals surface area contributed by atoms with E-state index in [1.807, 2.05) is 30.3 Å². The topological polar surface area (TPSA) is 68.5 Å². The Labute approximate surface area is 150 Å². The van der Waals surface area contributed by atoms with Crippen molar-refractivity contribution in [1.82, 2.24) is 4.57 Å². The zero-order chi connectivity index (χ0) is 18.3. The number of hydrogen-bond donors (Lipinski definition) is 1. The van der Waals surface area contributed by atoms with Crippen LogP contribution < -0.4 is 5.56 Å². The number of hydrogen-bond acceptors (Lipinski definition) is 4. The predicted octanol–water partition coefficient (Wildman–Crippen LogP) is 3.17. The molecule has 4 rings (SSSR count). The smallest absolute Gasteiger partial charge is 0.339 e. The lowest BCUT2D eigenvalue weighted by molar-refractivity contribution is 0.0450. The summed E-state index contributed by atoms with van der Waals surface area (Å²) in [6.07, 6.45) is -0.895. The quantitative estimate of drug-likeness (QED) is 0.739. The summed E-state index contributed by atoms with van der Waals surface area (Å²) in [6.45, 7) is 2.14. The molecule has 3 aromatic rings. The standard InChI is InChI=1S/C21H17NO4/c1-13-11-17(23)18(19-15-9-5-6-10-16(15)21(25)26-19)20(24)22(13)12-14-7-3-2-4-8-14/h2-11,19,23H,12H2,1H3/t19-/m1/s1. The predicted molar refractivity (Wildman–Crippen MR) is 96.3 cm³/mol. The van der Waals surface area contributed by atoms with Crippen LogP contribution in [0, 0.1) is 6.92 Å². The van der Waals surface area contributed by atoms with Gasteiger partial charge in [-0.25, -0.2) is 4.79 Å². The van der Waals surface area contributed by atoms with E-state index < -0.39 is 12.1 Å². The number of fused-ring (bicyclic) bond motifs is 1. The normalized spacial score (nSPS) is 15.6. The Kier molecular flexibility index (Phi) is 3.84. The van der Waals surface area contributed by atoms with Crippen molar-refractivity contribution in [2.24, 2.45) is 0 Å². The first-order valence-corrected chi connectivity index (χ1v) is 8.33. The van der Waals surface area contributed by atoms with Crippen molar-refractivity contribution in [2.45, 2.75) is 19.6 Å². The number of rotatable bonds is 3. The van der Waals surface area contributed by atoms with Gasteiger partial charge in [0, 0.05) is 11.3 Å².